The Morgan fingerprint density at radius 1 is 1.44 bits per heavy atom. The molecule has 8 heteroatoms. The molecule has 2 aromatic rings. The fourth-order valence-corrected chi connectivity index (χ4v) is 2.16. The fourth-order valence-electron chi connectivity index (χ4n) is 1.39. The van der Waals surface area contributed by atoms with Crippen LogP contribution in [-0.2, 0) is 0 Å². The van der Waals surface area contributed by atoms with Crippen LogP contribution in [0.2, 0.25) is 0 Å². The van der Waals surface area contributed by atoms with Gasteiger partial charge >= 0.3 is 0 Å². The van der Waals surface area contributed by atoms with Gasteiger partial charge in [0.2, 0.25) is 5.95 Å². The maximum Gasteiger partial charge on any atom is 0.265 e. The van der Waals surface area contributed by atoms with Crippen molar-refractivity contribution in [3.63, 3.8) is 0 Å². The summed E-state index contributed by atoms with van der Waals surface area (Å²) < 4.78 is 24.4. The number of nitrogens with one attached hydrogen (secondary N) is 2. The van der Waals surface area contributed by atoms with Crippen LogP contribution in [0.1, 0.15) is 0 Å². The lowest BCUT2D eigenvalue weighted by Crippen LogP contribution is -2.27. The van der Waals surface area contributed by atoms with Crippen molar-refractivity contribution in [1.82, 2.24) is 9.97 Å². The highest BCUT2D eigenvalue weighted by Crippen LogP contribution is 2.26. The minimum atomic E-state index is -2.78. The Bertz CT molecular complexity index is 534. The maximum atomic E-state index is 12.2. The van der Waals surface area contributed by atoms with Crippen molar-refractivity contribution >= 4 is 33.3 Å². The zero-order chi connectivity index (χ0) is 13.1. The molecule has 0 bridgehead atoms. The number of alkyl halides is 2. The number of hydrogen-bond acceptors (Lipinski definition) is 6. The van der Waals surface area contributed by atoms with Gasteiger partial charge in [0.15, 0.2) is 0 Å². The second-order valence-corrected chi connectivity index (χ2v) is 4.46. The Balaban J connectivity index is 2.23. The van der Waals surface area contributed by atoms with E-state index in [1.807, 2.05) is 5.38 Å². The predicted molar refractivity (Wildman–Crippen MR) is 67.5 cm³/mol. The highest BCUT2D eigenvalue weighted by molar-refractivity contribution is 7.16. The molecule has 2 aromatic heterocycles. The SMILES string of the molecule is CNc1nc(NCC(O)C(F)F)c2ccsc2n1. The van der Waals surface area contributed by atoms with Crippen LogP contribution in [0.25, 0.3) is 10.2 Å². The molecule has 2 rings (SSSR count). The molecular formula is C10H12F2N4OS. The number of aliphatic hydroxyl groups excluding tert-OH is 1. The van der Waals surface area contributed by atoms with Crippen molar-refractivity contribution in [1.29, 1.82) is 0 Å². The van der Waals surface area contributed by atoms with Crippen molar-refractivity contribution in [3.8, 4) is 0 Å². The second kappa shape index (κ2) is 5.40. The lowest BCUT2D eigenvalue weighted by Gasteiger charge is -2.12. The van der Waals surface area contributed by atoms with Crippen molar-refractivity contribution in [2.45, 2.75) is 12.5 Å². The monoisotopic (exact) mass is 274 g/mol. The van der Waals surface area contributed by atoms with Gasteiger partial charge in [-0.1, -0.05) is 0 Å². The van der Waals surface area contributed by atoms with Gasteiger partial charge in [-0.25, -0.2) is 13.8 Å². The first-order valence-electron chi connectivity index (χ1n) is 5.25. The molecule has 0 fully saturated rings. The lowest BCUT2D eigenvalue weighted by atomic mass is 10.3. The molecule has 5 nitrogen and oxygen atoms in total. The van der Waals surface area contributed by atoms with Crippen LogP contribution in [0, 0.1) is 0 Å². The second-order valence-electron chi connectivity index (χ2n) is 3.57. The quantitative estimate of drug-likeness (QED) is 0.775. The van der Waals surface area contributed by atoms with E-state index in [1.54, 1.807) is 13.1 Å². The van der Waals surface area contributed by atoms with Crippen LogP contribution in [0.3, 0.4) is 0 Å². The minimum Gasteiger partial charge on any atom is -0.385 e. The smallest absolute Gasteiger partial charge is 0.265 e. The van der Waals surface area contributed by atoms with E-state index >= 15 is 0 Å². The highest BCUT2D eigenvalue weighted by atomic mass is 32.1. The summed E-state index contributed by atoms with van der Waals surface area (Å²) in [6.45, 7) is -0.261. The molecule has 0 aromatic carbocycles. The molecule has 0 amide bonds. The van der Waals surface area contributed by atoms with E-state index in [0.717, 1.165) is 10.2 Å². The molecule has 98 valence electrons. The number of aromatic nitrogens is 2. The molecule has 0 spiro atoms. The van der Waals surface area contributed by atoms with Crippen LogP contribution < -0.4 is 10.6 Å². The largest absolute Gasteiger partial charge is 0.385 e. The first kappa shape index (κ1) is 12.9. The molecule has 0 saturated carbocycles. The van der Waals surface area contributed by atoms with Gasteiger partial charge in [-0.3, -0.25) is 0 Å². The van der Waals surface area contributed by atoms with E-state index in [2.05, 4.69) is 20.6 Å². The average molecular weight is 274 g/mol. The van der Waals surface area contributed by atoms with Gasteiger partial charge in [0, 0.05) is 13.6 Å². The standard InChI is InChI=1S/C10H12F2N4OS/c1-13-10-15-8(14-4-6(17)7(11)12)5-2-3-18-9(5)16-10/h2-3,6-7,17H,4H2,1H3,(H2,13,14,15,16). The third-order valence-electron chi connectivity index (χ3n) is 2.32. The minimum absolute atomic E-state index is 0.261. The molecule has 0 saturated heterocycles. The van der Waals surface area contributed by atoms with Crippen molar-refractivity contribution < 1.29 is 13.9 Å². The summed E-state index contributed by atoms with van der Waals surface area (Å²) in [7, 11) is 1.67. The van der Waals surface area contributed by atoms with Crippen LogP contribution in [0.5, 0.6) is 0 Å². The van der Waals surface area contributed by atoms with Crippen LogP contribution in [0.4, 0.5) is 20.5 Å². The number of fused-ring (bicyclic) bond motifs is 1. The molecular weight excluding hydrogens is 262 g/mol. The van der Waals surface area contributed by atoms with Crippen molar-refractivity contribution in [2.75, 3.05) is 24.2 Å². The third kappa shape index (κ3) is 2.65. The molecule has 0 aliphatic heterocycles. The summed E-state index contributed by atoms with van der Waals surface area (Å²) in [5.41, 5.74) is 0. The summed E-state index contributed by atoms with van der Waals surface area (Å²) in [6.07, 6.45) is -4.49. The van der Waals surface area contributed by atoms with E-state index in [0.29, 0.717) is 11.8 Å². The van der Waals surface area contributed by atoms with E-state index in [1.165, 1.54) is 11.3 Å². The van der Waals surface area contributed by atoms with Crippen LogP contribution >= 0.6 is 11.3 Å². The van der Waals surface area contributed by atoms with Gasteiger partial charge in [0.25, 0.3) is 6.43 Å². The zero-order valence-corrected chi connectivity index (χ0v) is 10.3. The van der Waals surface area contributed by atoms with Gasteiger partial charge < -0.3 is 15.7 Å². The molecule has 3 N–H and O–H groups in total. The summed E-state index contributed by atoms with van der Waals surface area (Å²) in [5.74, 6) is 0.837. The van der Waals surface area contributed by atoms with E-state index < -0.39 is 12.5 Å². The Morgan fingerprint density at radius 3 is 2.89 bits per heavy atom. The number of hydrogen-bond donors (Lipinski definition) is 3. The summed E-state index contributed by atoms with van der Waals surface area (Å²) >= 11 is 1.43. The van der Waals surface area contributed by atoms with Crippen molar-refractivity contribution in [2.24, 2.45) is 0 Å². The van der Waals surface area contributed by atoms with Crippen LogP contribution in [0.15, 0.2) is 11.4 Å². The number of thiophene rings is 1. The summed E-state index contributed by atoms with van der Waals surface area (Å²) in [6, 6.07) is 1.80. The molecule has 1 atom stereocenters. The van der Waals surface area contributed by atoms with Crippen LogP contribution in [-0.4, -0.2) is 41.2 Å². The van der Waals surface area contributed by atoms with Gasteiger partial charge in [0.05, 0.1) is 5.39 Å². The normalized spacial score (nSPS) is 12.9. The van der Waals surface area contributed by atoms with Gasteiger partial charge in [-0.2, -0.15) is 4.98 Å². The van der Waals surface area contributed by atoms with Crippen molar-refractivity contribution in [3.05, 3.63) is 11.4 Å². The van der Waals surface area contributed by atoms with Gasteiger partial charge in [-0.05, 0) is 11.4 Å². The Labute approximate surface area is 106 Å². The van der Waals surface area contributed by atoms with E-state index in [4.69, 9.17) is 5.11 Å². The Hall–Kier alpha value is -1.54. The zero-order valence-electron chi connectivity index (χ0n) is 9.52. The third-order valence-corrected chi connectivity index (χ3v) is 3.12. The summed E-state index contributed by atoms with van der Waals surface area (Å²) in [4.78, 5) is 9.12. The summed E-state index contributed by atoms with van der Waals surface area (Å²) in [5, 5.41) is 17.2. The van der Waals surface area contributed by atoms with E-state index in [9.17, 15) is 8.78 Å². The average Bonchev–Trinajstić information content (AvgIpc) is 2.83. The molecule has 0 aliphatic carbocycles. The highest BCUT2D eigenvalue weighted by Gasteiger charge is 2.17. The molecule has 18 heavy (non-hydrogen) atoms. The number of nitrogens with zero attached hydrogens (tertiary/aromatic N) is 2. The first-order valence-corrected chi connectivity index (χ1v) is 6.13. The lowest BCUT2D eigenvalue weighted by molar-refractivity contribution is 0.00382. The van der Waals surface area contributed by atoms with Gasteiger partial charge in [-0.15, -0.1) is 11.3 Å². The molecule has 2 heterocycles. The predicted octanol–water partition coefficient (Wildman–Crippen LogP) is 1.77. The maximum absolute atomic E-state index is 12.2. The Kier molecular flexibility index (Phi) is 3.87. The number of anilines is 2. The molecule has 0 radical (unpaired) electrons. The topological polar surface area (TPSA) is 70.1 Å². The number of aliphatic hydroxyl groups is 1. The number of rotatable bonds is 5. The molecule has 1 unspecified atom stereocenters. The molecule has 0 aliphatic rings. The Morgan fingerprint density at radius 2 is 2.22 bits per heavy atom. The number of halogens is 2. The van der Waals surface area contributed by atoms with E-state index in [-0.39, 0.29) is 6.54 Å². The fraction of sp³-hybridized carbons (Fsp3) is 0.400. The first-order chi connectivity index (χ1) is 8.61. The van der Waals surface area contributed by atoms with Gasteiger partial charge in [0.1, 0.15) is 16.8 Å².